The van der Waals surface area contributed by atoms with Gasteiger partial charge in [-0.1, -0.05) is 29.8 Å². The van der Waals surface area contributed by atoms with Gasteiger partial charge in [0.2, 0.25) is 0 Å². The third-order valence-electron chi connectivity index (χ3n) is 4.33. The first kappa shape index (κ1) is 14.5. The maximum Gasteiger partial charge on any atom is 0.127 e. The monoisotopic (exact) mass is 307 g/mol. The van der Waals surface area contributed by atoms with Crippen LogP contribution >= 0.6 is 11.6 Å². The normalized spacial score (nSPS) is 16.8. The van der Waals surface area contributed by atoms with Crippen molar-refractivity contribution in [1.82, 2.24) is 15.1 Å². The van der Waals surface area contributed by atoms with Crippen molar-refractivity contribution in [2.24, 2.45) is 0 Å². The molecular formula is C16H19ClFN3. The van der Waals surface area contributed by atoms with Gasteiger partial charge in [0, 0.05) is 31.5 Å². The van der Waals surface area contributed by atoms with Crippen molar-refractivity contribution in [1.29, 1.82) is 0 Å². The van der Waals surface area contributed by atoms with Gasteiger partial charge in [-0.3, -0.25) is 4.68 Å². The topological polar surface area (TPSA) is 29.9 Å². The largest absolute Gasteiger partial charge is 0.315 e. The molecule has 1 aliphatic heterocycles. The van der Waals surface area contributed by atoms with Crippen LogP contribution in [0.2, 0.25) is 5.02 Å². The lowest BCUT2D eigenvalue weighted by atomic mass is 9.71. The molecule has 0 amide bonds. The van der Waals surface area contributed by atoms with Crippen LogP contribution in [0, 0.1) is 12.7 Å². The number of halogens is 2. The van der Waals surface area contributed by atoms with E-state index in [1.54, 1.807) is 6.07 Å². The highest BCUT2D eigenvalue weighted by molar-refractivity contribution is 6.31. The second-order valence-electron chi connectivity index (χ2n) is 5.70. The summed E-state index contributed by atoms with van der Waals surface area (Å²) in [4.78, 5) is 0. The average Bonchev–Trinajstić information content (AvgIpc) is 2.71. The lowest BCUT2D eigenvalue weighted by Gasteiger charge is -2.43. The van der Waals surface area contributed by atoms with Gasteiger partial charge in [-0.05, 0) is 25.5 Å². The number of benzene rings is 1. The molecule has 0 radical (unpaired) electrons. The van der Waals surface area contributed by atoms with E-state index in [1.807, 2.05) is 30.7 Å². The minimum Gasteiger partial charge on any atom is -0.315 e. The van der Waals surface area contributed by atoms with E-state index in [-0.39, 0.29) is 11.2 Å². The molecule has 1 aromatic carbocycles. The van der Waals surface area contributed by atoms with Crippen LogP contribution in [0.4, 0.5) is 4.39 Å². The molecule has 0 bridgehead atoms. The fourth-order valence-corrected chi connectivity index (χ4v) is 3.29. The molecule has 5 heteroatoms. The van der Waals surface area contributed by atoms with Crippen LogP contribution in [0.1, 0.15) is 23.9 Å². The van der Waals surface area contributed by atoms with Crippen LogP contribution < -0.4 is 5.32 Å². The van der Waals surface area contributed by atoms with E-state index in [0.717, 1.165) is 36.6 Å². The summed E-state index contributed by atoms with van der Waals surface area (Å²) in [5, 5.41) is 8.44. The third-order valence-corrected chi connectivity index (χ3v) is 4.82. The summed E-state index contributed by atoms with van der Waals surface area (Å²) in [6.45, 7) is 6.24. The number of hydrogen-bond acceptors (Lipinski definition) is 2. The van der Waals surface area contributed by atoms with Gasteiger partial charge >= 0.3 is 0 Å². The Morgan fingerprint density at radius 2 is 2.10 bits per heavy atom. The van der Waals surface area contributed by atoms with E-state index in [0.29, 0.717) is 11.4 Å². The summed E-state index contributed by atoms with van der Waals surface area (Å²) in [6, 6.07) is 7.03. The summed E-state index contributed by atoms with van der Waals surface area (Å²) in [7, 11) is 0. The molecule has 1 saturated heterocycles. The number of rotatable bonds is 4. The fraction of sp³-hybridized carbons (Fsp3) is 0.438. The fourth-order valence-electron chi connectivity index (χ4n) is 3.09. The van der Waals surface area contributed by atoms with Crippen LogP contribution in [-0.2, 0) is 18.4 Å². The van der Waals surface area contributed by atoms with Gasteiger partial charge in [0.15, 0.2) is 0 Å². The Labute approximate surface area is 129 Å². The highest BCUT2D eigenvalue weighted by Gasteiger charge is 2.42. The Hall–Kier alpha value is -1.39. The minimum atomic E-state index is -0.228. The van der Waals surface area contributed by atoms with E-state index in [4.69, 9.17) is 11.6 Å². The molecule has 2 heterocycles. The van der Waals surface area contributed by atoms with Gasteiger partial charge in [-0.25, -0.2) is 4.39 Å². The number of nitrogens with zero attached hydrogens (tertiary/aromatic N) is 2. The molecule has 0 atom stereocenters. The first-order valence-electron chi connectivity index (χ1n) is 7.25. The van der Waals surface area contributed by atoms with Crippen LogP contribution in [-0.4, -0.2) is 22.9 Å². The molecule has 1 N–H and O–H groups in total. The first-order valence-corrected chi connectivity index (χ1v) is 7.63. The van der Waals surface area contributed by atoms with Gasteiger partial charge < -0.3 is 5.32 Å². The van der Waals surface area contributed by atoms with Crippen molar-refractivity contribution in [3.63, 3.8) is 0 Å². The molecule has 0 saturated carbocycles. The predicted molar refractivity (Wildman–Crippen MR) is 82.3 cm³/mol. The summed E-state index contributed by atoms with van der Waals surface area (Å²) in [5.41, 5.74) is 2.38. The summed E-state index contributed by atoms with van der Waals surface area (Å²) < 4.78 is 16.1. The van der Waals surface area contributed by atoms with Crippen molar-refractivity contribution in [2.75, 3.05) is 13.1 Å². The summed E-state index contributed by atoms with van der Waals surface area (Å²) >= 11 is 6.41. The molecule has 0 unspecified atom stereocenters. The van der Waals surface area contributed by atoms with Gasteiger partial charge in [-0.2, -0.15) is 5.10 Å². The maximum atomic E-state index is 14.2. The highest BCUT2D eigenvalue weighted by atomic mass is 35.5. The number of aryl methyl sites for hydroxylation is 2. The maximum absolute atomic E-state index is 14.2. The second-order valence-corrected chi connectivity index (χ2v) is 6.08. The number of aromatic nitrogens is 2. The molecule has 112 valence electrons. The molecule has 2 aromatic rings. The zero-order chi connectivity index (χ0) is 15.0. The quantitative estimate of drug-likeness (QED) is 0.940. The van der Waals surface area contributed by atoms with Crippen molar-refractivity contribution < 1.29 is 4.39 Å². The van der Waals surface area contributed by atoms with Crippen LogP contribution in [0.25, 0.3) is 0 Å². The molecule has 1 aliphatic rings. The Balaban J connectivity index is 2.01. The molecule has 1 fully saturated rings. The number of hydrogen-bond donors (Lipinski definition) is 1. The zero-order valence-corrected chi connectivity index (χ0v) is 13.0. The highest BCUT2D eigenvalue weighted by Crippen LogP contribution is 2.36. The number of nitrogens with one attached hydrogen (secondary N) is 1. The van der Waals surface area contributed by atoms with Gasteiger partial charge in [0.05, 0.1) is 16.4 Å². The third kappa shape index (κ3) is 2.36. The molecule has 3 rings (SSSR count). The Morgan fingerprint density at radius 3 is 2.67 bits per heavy atom. The molecule has 21 heavy (non-hydrogen) atoms. The average molecular weight is 308 g/mol. The zero-order valence-electron chi connectivity index (χ0n) is 12.3. The van der Waals surface area contributed by atoms with Gasteiger partial charge in [0.1, 0.15) is 5.82 Å². The predicted octanol–water partition coefficient (Wildman–Crippen LogP) is 3.09. The Morgan fingerprint density at radius 1 is 1.38 bits per heavy atom. The second kappa shape index (κ2) is 5.43. The van der Waals surface area contributed by atoms with E-state index >= 15 is 0 Å². The molecule has 0 aliphatic carbocycles. The van der Waals surface area contributed by atoms with Gasteiger partial charge in [-0.15, -0.1) is 0 Å². The SMILES string of the molecule is CCn1nc(C)c(Cl)c1CC1(c2ccccc2F)CNC1. The Bertz CT molecular complexity index is 662. The van der Waals surface area contributed by atoms with Crippen LogP contribution in [0.5, 0.6) is 0 Å². The van der Waals surface area contributed by atoms with Gasteiger partial charge in [0.25, 0.3) is 0 Å². The summed E-state index contributed by atoms with van der Waals surface area (Å²) in [6.07, 6.45) is 0.703. The standard InChI is InChI=1S/C16H19ClFN3/c1-3-21-14(15(17)11(2)20-21)8-16(9-19-10-16)12-6-4-5-7-13(12)18/h4-7,19H,3,8-10H2,1-2H3. The van der Waals surface area contributed by atoms with E-state index in [9.17, 15) is 4.39 Å². The minimum absolute atomic E-state index is 0.144. The summed E-state index contributed by atoms with van der Waals surface area (Å²) in [5.74, 6) is -0.144. The van der Waals surface area contributed by atoms with Crippen molar-refractivity contribution in [3.05, 3.63) is 52.1 Å². The van der Waals surface area contributed by atoms with Crippen LogP contribution in [0.15, 0.2) is 24.3 Å². The van der Waals surface area contributed by atoms with Crippen molar-refractivity contribution in [3.8, 4) is 0 Å². The molecule has 1 aromatic heterocycles. The van der Waals surface area contributed by atoms with E-state index < -0.39 is 0 Å². The first-order chi connectivity index (χ1) is 10.1. The Kier molecular flexibility index (Phi) is 3.76. The molecule has 3 nitrogen and oxygen atoms in total. The van der Waals surface area contributed by atoms with Crippen LogP contribution in [0.3, 0.4) is 0 Å². The van der Waals surface area contributed by atoms with Crippen molar-refractivity contribution in [2.45, 2.75) is 32.2 Å². The van der Waals surface area contributed by atoms with E-state index in [2.05, 4.69) is 10.4 Å². The lowest BCUT2D eigenvalue weighted by Crippen LogP contribution is -2.58. The van der Waals surface area contributed by atoms with Crippen molar-refractivity contribution >= 4 is 11.6 Å². The van der Waals surface area contributed by atoms with E-state index in [1.165, 1.54) is 6.07 Å². The smallest absolute Gasteiger partial charge is 0.127 e. The molecular weight excluding hydrogens is 289 g/mol. The molecule has 0 spiro atoms. The lowest BCUT2D eigenvalue weighted by molar-refractivity contribution is 0.260.